The van der Waals surface area contributed by atoms with Crippen molar-refractivity contribution in [3.63, 3.8) is 0 Å². The van der Waals surface area contributed by atoms with Gasteiger partial charge >= 0.3 is 0 Å². The van der Waals surface area contributed by atoms with E-state index in [1.807, 2.05) is 19.1 Å². The Labute approximate surface area is 98.2 Å². The van der Waals surface area contributed by atoms with Crippen molar-refractivity contribution in [3.8, 4) is 5.75 Å². The largest absolute Gasteiger partial charge is 0.494 e. The van der Waals surface area contributed by atoms with Crippen molar-refractivity contribution >= 4 is 12.4 Å². The van der Waals surface area contributed by atoms with E-state index in [4.69, 9.17) is 10.5 Å². The monoisotopic (exact) mass is 229 g/mol. The molecular formula is C12H20ClNO. The number of rotatable bonds is 5. The number of hydrogen-bond acceptors (Lipinski definition) is 2. The third-order valence-corrected chi connectivity index (χ3v) is 2.22. The lowest BCUT2D eigenvalue weighted by atomic mass is 10.0. The van der Waals surface area contributed by atoms with Gasteiger partial charge in [-0.1, -0.05) is 19.1 Å². The second-order valence-electron chi connectivity index (χ2n) is 3.62. The zero-order valence-electron chi connectivity index (χ0n) is 9.40. The molecule has 1 aromatic rings. The molecule has 0 amide bonds. The molecule has 0 fully saturated rings. The van der Waals surface area contributed by atoms with Gasteiger partial charge in [0.05, 0.1) is 6.61 Å². The first-order chi connectivity index (χ1) is 6.76. The fraction of sp³-hybridized carbons (Fsp3) is 0.500. The van der Waals surface area contributed by atoms with Crippen LogP contribution >= 0.6 is 12.4 Å². The molecule has 86 valence electrons. The molecule has 15 heavy (non-hydrogen) atoms. The fourth-order valence-electron chi connectivity index (χ4n) is 1.37. The Bertz CT molecular complexity index is 261. The molecule has 1 atom stereocenters. The standard InChI is InChI=1S/C12H19NO.ClH/c1-3-14-12-6-4-11(5-7-12)8-10(2)9-13;/h4-7,10H,3,8-9,13H2,1-2H3;1H. The minimum Gasteiger partial charge on any atom is -0.494 e. The Morgan fingerprint density at radius 3 is 2.33 bits per heavy atom. The van der Waals surface area contributed by atoms with Crippen molar-refractivity contribution < 1.29 is 4.74 Å². The molecule has 3 heteroatoms. The van der Waals surface area contributed by atoms with E-state index >= 15 is 0 Å². The Morgan fingerprint density at radius 2 is 1.87 bits per heavy atom. The van der Waals surface area contributed by atoms with Gasteiger partial charge in [-0.3, -0.25) is 0 Å². The quantitative estimate of drug-likeness (QED) is 0.843. The summed E-state index contributed by atoms with van der Waals surface area (Å²) >= 11 is 0. The van der Waals surface area contributed by atoms with E-state index in [0.717, 1.165) is 25.3 Å². The van der Waals surface area contributed by atoms with Gasteiger partial charge in [0.25, 0.3) is 0 Å². The SMILES string of the molecule is CCOc1ccc(CC(C)CN)cc1.Cl. The van der Waals surface area contributed by atoms with Gasteiger partial charge in [-0.25, -0.2) is 0 Å². The van der Waals surface area contributed by atoms with Gasteiger partial charge in [-0.05, 0) is 43.5 Å². The highest BCUT2D eigenvalue weighted by Gasteiger charge is 2.01. The Balaban J connectivity index is 0.00000196. The summed E-state index contributed by atoms with van der Waals surface area (Å²) in [5.74, 6) is 1.49. The lowest BCUT2D eigenvalue weighted by Crippen LogP contribution is -2.12. The predicted octanol–water partition coefficient (Wildman–Crippen LogP) is 2.64. The molecule has 0 aliphatic carbocycles. The van der Waals surface area contributed by atoms with Crippen LogP contribution in [0.1, 0.15) is 19.4 Å². The molecule has 0 heterocycles. The van der Waals surface area contributed by atoms with Crippen LogP contribution in [0, 0.1) is 5.92 Å². The van der Waals surface area contributed by atoms with E-state index in [2.05, 4.69) is 19.1 Å². The number of nitrogens with two attached hydrogens (primary N) is 1. The van der Waals surface area contributed by atoms with Crippen LogP contribution in [-0.4, -0.2) is 13.2 Å². The van der Waals surface area contributed by atoms with E-state index < -0.39 is 0 Å². The average molecular weight is 230 g/mol. The van der Waals surface area contributed by atoms with Gasteiger partial charge in [0.15, 0.2) is 0 Å². The zero-order valence-corrected chi connectivity index (χ0v) is 10.2. The van der Waals surface area contributed by atoms with Crippen molar-refractivity contribution in [2.45, 2.75) is 20.3 Å². The third kappa shape index (κ3) is 5.05. The summed E-state index contributed by atoms with van der Waals surface area (Å²) < 4.78 is 5.37. The first-order valence-corrected chi connectivity index (χ1v) is 5.18. The van der Waals surface area contributed by atoms with Gasteiger partial charge in [0.1, 0.15) is 5.75 Å². The highest BCUT2D eigenvalue weighted by Crippen LogP contribution is 2.14. The van der Waals surface area contributed by atoms with Gasteiger partial charge in [-0.15, -0.1) is 12.4 Å². The molecular weight excluding hydrogens is 210 g/mol. The van der Waals surface area contributed by atoms with E-state index in [9.17, 15) is 0 Å². The van der Waals surface area contributed by atoms with Crippen LogP contribution in [0.4, 0.5) is 0 Å². The van der Waals surface area contributed by atoms with E-state index in [1.165, 1.54) is 5.56 Å². The maximum absolute atomic E-state index is 5.57. The minimum atomic E-state index is 0. The second-order valence-corrected chi connectivity index (χ2v) is 3.62. The van der Waals surface area contributed by atoms with Gasteiger partial charge in [0.2, 0.25) is 0 Å². The van der Waals surface area contributed by atoms with Gasteiger partial charge in [-0.2, -0.15) is 0 Å². The first-order valence-electron chi connectivity index (χ1n) is 5.18. The Hall–Kier alpha value is -0.730. The number of halogens is 1. The second kappa shape index (κ2) is 7.55. The van der Waals surface area contributed by atoms with Crippen LogP contribution in [0.2, 0.25) is 0 Å². The lowest BCUT2D eigenvalue weighted by Gasteiger charge is -2.09. The molecule has 0 saturated carbocycles. The summed E-state index contributed by atoms with van der Waals surface area (Å²) in [5.41, 5.74) is 6.90. The van der Waals surface area contributed by atoms with Gasteiger partial charge in [0, 0.05) is 0 Å². The summed E-state index contributed by atoms with van der Waals surface area (Å²) in [6, 6.07) is 8.25. The topological polar surface area (TPSA) is 35.2 Å². The smallest absolute Gasteiger partial charge is 0.119 e. The molecule has 0 bridgehead atoms. The molecule has 0 aliphatic heterocycles. The maximum atomic E-state index is 5.57. The van der Waals surface area contributed by atoms with Crippen LogP contribution in [0.25, 0.3) is 0 Å². The summed E-state index contributed by atoms with van der Waals surface area (Å²) in [6.45, 7) is 5.62. The first kappa shape index (κ1) is 14.3. The number of benzene rings is 1. The van der Waals surface area contributed by atoms with Crippen molar-refractivity contribution in [2.24, 2.45) is 11.7 Å². The van der Waals surface area contributed by atoms with Crippen molar-refractivity contribution in [2.75, 3.05) is 13.2 Å². The summed E-state index contributed by atoms with van der Waals surface area (Å²) in [7, 11) is 0. The highest BCUT2D eigenvalue weighted by molar-refractivity contribution is 5.85. The van der Waals surface area contributed by atoms with Crippen LogP contribution in [0.3, 0.4) is 0 Å². The third-order valence-electron chi connectivity index (χ3n) is 2.22. The fourth-order valence-corrected chi connectivity index (χ4v) is 1.37. The molecule has 0 aliphatic rings. The molecule has 1 unspecified atom stereocenters. The van der Waals surface area contributed by atoms with E-state index in [-0.39, 0.29) is 12.4 Å². The lowest BCUT2D eigenvalue weighted by molar-refractivity contribution is 0.340. The zero-order chi connectivity index (χ0) is 10.4. The molecule has 2 N–H and O–H groups in total. The van der Waals surface area contributed by atoms with Crippen LogP contribution in [-0.2, 0) is 6.42 Å². The Morgan fingerprint density at radius 1 is 1.27 bits per heavy atom. The van der Waals surface area contributed by atoms with Crippen LogP contribution in [0.15, 0.2) is 24.3 Å². The van der Waals surface area contributed by atoms with Crippen LogP contribution < -0.4 is 10.5 Å². The van der Waals surface area contributed by atoms with Gasteiger partial charge < -0.3 is 10.5 Å². The maximum Gasteiger partial charge on any atom is 0.119 e. The molecule has 1 aromatic carbocycles. The number of ether oxygens (including phenoxy) is 1. The minimum absolute atomic E-state index is 0. The average Bonchev–Trinajstić information content (AvgIpc) is 2.21. The van der Waals surface area contributed by atoms with Crippen LogP contribution in [0.5, 0.6) is 5.75 Å². The molecule has 0 aromatic heterocycles. The highest BCUT2D eigenvalue weighted by atomic mass is 35.5. The summed E-state index contributed by atoms with van der Waals surface area (Å²) in [6.07, 6.45) is 1.04. The normalized spacial score (nSPS) is 11.7. The number of hydrogen-bond donors (Lipinski definition) is 1. The molecule has 1 rings (SSSR count). The molecule has 2 nitrogen and oxygen atoms in total. The predicted molar refractivity (Wildman–Crippen MR) is 66.8 cm³/mol. The Kier molecular flexibility index (Phi) is 7.18. The van der Waals surface area contributed by atoms with Crippen molar-refractivity contribution in [1.82, 2.24) is 0 Å². The molecule has 0 radical (unpaired) electrons. The van der Waals surface area contributed by atoms with E-state index in [0.29, 0.717) is 5.92 Å². The summed E-state index contributed by atoms with van der Waals surface area (Å²) in [5, 5.41) is 0. The van der Waals surface area contributed by atoms with E-state index in [1.54, 1.807) is 0 Å². The summed E-state index contributed by atoms with van der Waals surface area (Å²) in [4.78, 5) is 0. The molecule has 0 saturated heterocycles. The van der Waals surface area contributed by atoms with Crippen molar-refractivity contribution in [1.29, 1.82) is 0 Å². The van der Waals surface area contributed by atoms with Crippen molar-refractivity contribution in [3.05, 3.63) is 29.8 Å². The molecule has 0 spiro atoms.